The van der Waals surface area contributed by atoms with Gasteiger partial charge in [-0.15, -0.1) is 0 Å². The molecule has 0 saturated heterocycles. The fourth-order valence-electron chi connectivity index (χ4n) is 4.59. The summed E-state index contributed by atoms with van der Waals surface area (Å²) in [6.07, 6.45) is -1.24. The highest BCUT2D eigenvalue weighted by atomic mass is 35.5. The summed E-state index contributed by atoms with van der Waals surface area (Å²) in [5, 5.41) is 2.50. The smallest absolute Gasteiger partial charge is 0.297 e. The maximum absolute atomic E-state index is 14.3. The normalized spacial score (nSPS) is 15.5. The topological polar surface area (TPSA) is 151 Å². The molecular weight excluding hydrogens is 673 g/mol. The minimum atomic E-state index is -4.44. The van der Waals surface area contributed by atoms with Crippen molar-refractivity contribution < 1.29 is 43.8 Å². The number of alkyl halides is 2. The summed E-state index contributed by atoms with van der Waals surface area (Å²) >= 11 is 6.37. The molecule has 3 N–H and O–H groups in total. The first-order valence-electron chi connectivity index (χ1n) is 13.8. The molecule has 11 nitrogen and oxygen atoms in total. The highest BCUT2D eigenvalue weighted by Crippen LogP contribution is 2.39. The van der Waals surface area contributed by atoms with Crippen molar-refractivity contribution >= 4 is 49.4 Å². The highest BCUT2D eigenvalue weighted by molar-refractivity contribution is 7.87. The van der Waals surface area contributed by atoms with Crippen LogP contribution in [0.25, 0.3) is 0 Å². The maximum atomic E-state index is 14.3. The van der Waals surface area contributed by atoms with E-state index in [0.717, 1.165) is 22.6 Å². The van der Waals surface area contributed by atoms with Crippen LogP contribution >= 0.6 is 11.6 Å². The number of benzene rings is 3. The molecule has 1 saturated carbocycles. The zero-order valence-electron chi connectivity index (χ0n) is 24.3. The highest BCUT2D eigenvalue weighted by Gasteiger charge is 2.47. The maximum Gasteiger partial charge on any atom is 0.297 e. The number of hydrogen-bond acceptors (Lipinski definition) is 7. The summed E-state index contributed by atoms with van der Waals surface area (Å²) in [6.45, 7) is -0.260. The van der Waals surface area contributed by atoms with Crippen LogP contribution in [0.2, 0.25) is 5.02 Å². The molecule has 0 spiro atoms. The molecule has 17 heteroatoms. The lowest BCUT2D eigenvalue weighted by atomic mass is 9.87. The van der Waals surface area contributed by atoms with Crippen LogP contribution < -0.4 is 19.7 Å². The zero-order chi connectivity index (χ0) is 33.7. The van der Waals surface area contributed by atoms with Gasteiger partial charge in [-0.1, -0.05) is 53.6 Å². The molecule has 0 bridgehead atoms. The fourth-order valence-corrected chi connectivity index (χ4v) is 6.51. The number of anilines is 1. The SMILES string of the molecule is Cc1ccc(S(=O)(=O)OCCNS(=O)(=O)NCC(=O)N(c2cccc(F)c2)[C@H](C(=O)NC2CC(F)(F)C2)c2ccccc2Cl)cc1. The second-order valence-corrected chi connectivity index (χ2v) is 14.1. The molecule has 1 aliphatic carbocycles. The van der Waals surface area contributed by atoms with Gasteiger partial charge in [-0.25, -0.2) is 13.2 Å². The van der Waals surface area contributed by atoms with E-state index in [9.17, 15) is 39.6 Å². The summed E-state index contributed by atoms with van der Waals surface area (Å²) in [5.41, 5.74) is 0.745. The molecule has 0 aliphatic heterocycles. The third-order valence-electron chi connectivity index (χ3n) is 6.85. The summed E-state index contributed by atoms with van der Waals surface area (Å²) < 4.78 is 100. The Morgan fingerprint density at radius 1 is 1.00 bits per heavy atom. The van der Waals surface area contributed by atoms with E-state index in [1.807, 2.05) is 9.44 Å². The monoisotopic (exact) mass is 702 g/mol. The minimum absolute atomic E-state index is 0.0265. The number of rotatable bonds is 14. The van der Waals surface area contributed by atoms with E-state index in [2.05, 4.69) is 5.32 Å². The molecule has 1 aliphatic rings. The van der Waals surface area contributed by atoms with Gasteiger partial charge < -0.3 is 5.32 Å². The molecule has 3 aromatic carbocycles. The van der Waals surface area contributed by atoms with Crippen molar-refractivity contribution in [2.45, 2.75) is 42.7 Å². The molecular formula is C29H30ClF3N4O7S2. The van der Waals surface area contributed by atoms with Gasteiger partial charge >= 0.3 is 0 Å². The standard InChI is InChI=1S/C29H30ClF3N4O7S2/c1-19-9-11-23(12-10-19)45(40,41)44-14-13-34-46(42,43)35-18-26(38)37(22-6-4-5-20(31)15-22)27(24-7-2-3-8-25(24)30)28(39)36-21-16-29(32,33)17-21/h2-12,15,21,27,34-35H,13-14,16-18H2,1H3,(H,36,39)/t27-/m0/s1. The first-order chi connectivity index (χ1) is 21.6. The summed E-state index contributed by atoms with van der Waals surface area (Å²) in [4.78, 5) is 27.9. The van der Waals surface area contributed by atoms with Crippen LogP contribution in [0.15, 0.2) is 77.7 Å². The lowest BCUT2D eigenvalue weighted by molar-refractivity contribution is -0.132. The van der Waals surface area contributed by atoms with Crippen molar-refractivity contribution in [3.63, 3.8) is 0 Å². The van der Waals surface area contributed by atoms with Crippen molar-refractivity contribution in [1.82, 2.24) is 14.8 Å². The van der Waals surface area contributed by atoms with Gasteiger partial charge in [0.2, 0.25) is 11.8 Å². The van der Waals surface area contributed by atoms with Gasteiger partial charge in [0, 0.05) is 41.7 Å². The molecule has 3 aromatic rings. The minimum Gasteiger partial charge on any atom is -0.351 e. The van der Waals surface area contributed by atoms with E-state index in [0.29, 0.717) is 0 Å². The summed E-state index contributed by atoms with van der Waals surface area (Å²) in [5.74, 6) is -5.68. The summed E-state index contributed by atoms with van der Waals surface area (Å²) in [6, 6.07) is 13.8. The van der Waals surface area contributed by atoms with E-state index in [-0.39, 0.29) is 21.2 Å². The number of nitrogens with one attached hydrogen (secondary N) is 3. The van der Waals surface area contributed by atoms with E-state index in [4.69, 9.17) is 15.8 Å². The zero-order valence-corrected chi connectivity index (χ0v) is 26.6. The average Bonchev–Trinajstić information content (AvgIpc) is 2.97. The molecule has 0 radical (unpaired) electrons. The number of hydrogen-bond donors (Lipinski definition) is 3. The number of aryl methyl sites for hydroxylation is 1. The second kappa shape index (κ2) is 14.5. The van der Waals surface area contributed by atoms with E-state index >= 15 is 0 Å². The van der Waals surface area contributed by atoms with E-state index < -0.39 is 88.5 Å². The molecule has 1 fully saturated rings. The van der Waals surface area contributed by atoms with Crippen molar-refractivity contribution in [1.29, 1.82) is 0 Å². The Bertz CT molecular complexity index is 1790. The van der Waals surface area contributed by atoms with Crippen LogP contribution in [0, 0.1) is 12.7 Å². The lowest BCUT2D eigenvalue weighted by Crippen LogP contribution is -2.55. The van der Waals surface area contributed by atoms with Crippen LogP contribution in [0.1, 0.15) is 30.0 Å². The van der Waals surface area contributed by atoms with Crippen molar-refractivity contribution in [2.24, 2.45) is 0 Å². The van der Waals surface area contributed by atoms with Crippen molar-refractivity contribution in [3.05, 3.63) is 94.8 Å². The van der Waals surface area contributed by atoms with Gasteiger partial charge in [-0.05, 0) is 43.3 Å². The van der Waals surface area contributed by atoms with Crippen LogP contribution in [-0.4, -0.2) is 60.3 Å². The van der Waals surface area contributed by atoms with Crippen LogP contribution in [0.5, 0.6) is 0 Å². The Morgan fingerprint density at radius 3 is 2.30 bits per heavy atom. The Kier molecular flexibility index (Phi) is 11.1. The first-order valence-corrected chi connectivity index (χ1v) is 17.0. The quantitative estimate of drug-likeness (QED) is 0.172. The Morgan fingerprint density at radius 2 is 1.67 bits per heavy atom. The fraction of sp³-hybridized carbons (Fsp3) is 0.310. The van der Waals surface area contributed by atoms with Crippen LogP contribution in [-0.2, 0) is 34.1 Å². The van der Waals surface area contributed by atoms with E-state index in [1.165, 1.54) is 42.5 Å². The molecule has 0 aromatic heterocycles. The molecule has 1 atom stereocenters. The van der Waals surface area contributed by atoms with E-state index in [1.54, 1.807) is 25.1 Å². The summed E-state index contributed by atoms with van der Waals surface area (Å²) in [7, 11) is -8.60. The molecule has 4 rings (SSSR count). The number of carbonyl (C=O) groups is 2. The predicted molar refractivity (Wildman–Crippen MR) is 163 cm³/mol. The van der Waals surface area contributed by atoms with Gasteiger partial charge in [0.05, 0.1) is 18.0 Å². The Hall–Kier alpha value is -3.54. The van der Waals surface area contributed by atoms with Gasteiger partial charge in [0.25, 0.3) is 26.2 Å². The predicted octanol–water partition coefficient (Wildman–Crippen LogP) is 3.61. The molecule has 248 valence electrons. The van der Waals surface area contributed by atoms with Crippen LogP contribution in [0.3, 0.4) is 0 Å². The third kappa shape index (κ3) is 9.27. The molecule has 0 unspecified atom stereocenters. The number of halogens is 4. The number of amides is 2. The lowest BCUT2D eigenvalue weighted by Gasteiger charge is -2.38. The largest absolute Gasteiger partial charge is 0.351 e. The van der Waals surface area contributed by atoms with Gasteiger partial charge in [0.1, 0.15) is 11.9 Å². The van der Waals surface area contributed by atoms with Gasteiger partial charge in [0.15, 0.2) is 0 Å². The second-order valence-electron chi connectivity index (χ2n) is 10.4. The van der Waals surface area contributed by atoms with Crippen LogP contribution in [0.4, 0.5) is 18.9 Å². The van der Waals surface area contributed by atoms with Crippen molar-refractivity contribution in [3.8, 4) is 0 Å². The Balaban J connectivity index is 1.50. The first kappa shape index (κ1) is 35.3. The van der Waals surface area contributed by atoms with Crippen molar-refractivity contribution in [2.75, 3.05) is 24.6 Å². The number of nitrogens with zero attached hydrogens (tertiary/aromatic N) is 1. The van der Waals surface area contributed by atoms with Gasteiger partial charge in [-0.3, -0.25) is 18.7 Å². The number of carbonyl (C=O) groups excluding carboxylic acids is 2. The molecule has 2 amide bonds. The molecule has 0 heterocycles. The van der Waals surface area contributed by atoms with Gasteiger partial charge in [-0.2, -0.15) is 26.3 Å². The molecule has 46 heavy (non-hydrogen) atoms. The Labute approximate surface area is 269 Å². The third-order valence-corrected chi connectivity index (χ3v) is 9.63. The average molecular weight is 703 g/mol.